The first kappa shape index (κ1) is 24.3. The third kappa shape index (κ3) is 6.50. The van der Waals surface area contributed by atoms with Gasteiger partial charge in [0.1, 0.15) is 0 Å². The summed E-state index contributed by atoms with van der Waals surface area (Å²) in [5.41, 5.74) is 0. The van der Waals surface area contributed by atoms with Gasteiger partial charge in [-0.2, -0.15) is 0 Å². The second-order valence-corrected chi connectivity index (χ2v) is 12.3. The molecular weight excluding hydrogens is 336 g/mol. The summed E-state index contributed by atoms with van der Waals surface area (Å²) in [5, 5.41) is 0. The standard InChI is InChI=1S/C28H54/c1-18(20(3)13-27-14-21(4)25(8)22(5)15-27)11-10-12-19(2)28-16-23(6)26(9)24(7)17-28/h18-28H,10-17H2,1-9H3. The minimum absolute atomic E-state index is 0.904. The summed E-state index contributed by atoms with van der Waals surface area (Å²) in [6.07, 6.45) is 11.8. The molecule has 7 atom stereocenters. The minimum Gasteiger partial charge on any atom is -0.0623 e. The number of hydrogen-bond donors (Lipinski definition) is 0. The molecule has 0 heteroatoms. The lowest BCUT2D eigenvalue weighted by molar-refractivity contribution is 0.102. The van der Waals surface area contributed by atoms with Gasteiger partial charge < -0.3 is 0 Å². The number of rotatable bonds is 8. The Hall–Kier alpha value is 0. The minimum atomic E-state index is 0.904. The summed E-state index contributed by atoms with van der Waals surface area (Å²) in [6.45, 7) is 22.6. The summed E-state index contributed by atoms with van der Waals surface area (Å²) < 4.78 is 0. The summed E-state index contributed by atoms with van der Waals surface area (Å²) in [4.78, 5) is 0. The van der Waals surface area contributed by atoms with Gasteiger partial charge in [0.15, 0.2) is 0 Å². The molecule has 0 N–H and O–H groups in total. The van der Waals surface area contributed by atoms with Crippen LogP contribution in [0, 0.1) is 65.1 Å². The highest BCUT2D eigenvalue weighted by Gasteiger charge is 2.33. The van der Waals surface area contributed by atoms with E-state index in [0.717, 1.165) is 65.1 Å². The van der Waals surface area contributed by atoms with Crippen LogP contribution in [0.4, 0.5) is 0 Å². The van der Waals surface area contributed by atoms with Gasteiger partial charge in [-0.05, 0) is 97.2 Å². The van der Waals surface area contributed by atoms with Crippen molar-refractivity contribution >= 4 is 0 Å². The molecule has 0 spiro atoms. The molecule has 0 amide bonds. The van der Waals surface area contributed by atoms with Crippen LogP contribution in [-0.4, -0.2) is 0 Å². The first-order valence-corrected chi connectivity index (χ1v) is 13.1. The largest absolute Gasteiger partial charge is 0.0623 e. The van der Waals surface area contributed by atoms with Gasteiger partial charge in [0, 0.05) is 0 Å². The lowest BCUT2D eigenvalue weighted by Crippen LogP contribution is -2.31. The van der Waals surface area contributed by atoms with E-state index in [1.54, 1.807) is 0 Å². The lowest BCUT2D eigenvalue weighted by atomic mass is 9.66. The van der Waals surface area contributed by atoms with Gasteiger partial charge in [-0.15, -0.1) is 0 Å². The third-order valence-electron chi connectivity index (χ3n) is 10.1. The van der Waals surface area contributed by atoms with Crippen molar-refractivity contribution in [2.75, 3.05) is 0 Å². The molecule has 0 aromatic carbocycles. The predicted octanol–water partition coefficient (Wildman–Crippen LogP) is 9.09. The van der Waals surface area contributed by atoms with Gasteiger partial charge in [0.05, 0.1) is 0 Å². The quantitative estimate of drug-likeness (QED) is 0.387. The maximum Gasteiger partial charge on any atom is -0.0383 e. The maximum atomic E-state index is 2.56. The van der Waals surface area contributed by atoms with Crippen LogP contribution < -0.4 is 0 Å². The van der Waals surface area contributed by atoms with Crippen LogP contribution >= 0.6 is 0 Å². The van der Waals surface area contributed by atoms with Gasteiger partial charge in [-0.1, -0.05) is 81.6 Å². The fraction of sp³-hybridized carbons (Fsp3) is 1.00. The monoisotopic (exact) mass is 390 g/mol. The van der Waals surface area contributed by atoms with Crippen molar-refractivity contribution in [3.63, 3.8) is 0 Å². The zero-order valence-corrected chi connectivity index (χ0v) is 21.0. The van der Waals surface area contributed by atoms with E-state index < -0.39 is 0 Å². The highest BCUT2D eigenvalue weighted by Crippen LogP contribution is 2.43. The number of hydrogen-bond acceptors (Lipinski definition) is 0. The van der Waals surface area contributed by atoms with E-state index >= 15 is 0 Å². The Bertz CT molecular complexity index is 415. The Labute approximate surface area is 179 Å². The molecule has 0 radical (unpaired) electrons. The van der Waals surface area contributed by atoms with E-state index in [1.807, 2.05) is 0 Å². The molecule has 7 unspecified atom stereocenters. The summed E-state index contributed by atoms with van der Waals surface area (Å²) in [5.74, 6) is 10.3. The first-order chi connectivity index (χ1) is 13.1. The molecule has 2 saturated carbocycles. The summed E-state index contributed by atoms with van der Waals surface area (Å²) in [7, 11) is 0. The molecule has 2 aliphatic rings. The van der Waals surface area contributed by atoms with E-state index in [2.05, 4.69) is 62.3 Å². The van der Waals surface area contributed by atoms with Crippen LogP contribution in [0.2, 0.25) is 0 Å². The SMILES string of the molecule is CC(CCCC(C)C1CC(C)C(C)C(C)C1)C(C)CC1CC(C)C(C)C(C)C1. The van der Waals surface area contributed by atoms with Gasteiger partial charge in [-0.3, -0.25) is 0 Å². The molecule has 0 heterocycles. The van der Waals surface area contributed by atoms with Crippen LogP contribution in [0.5, 0.6) is 0 Å². The fourth-order valence-corrected chi connectivity index (χ4v) is 6.88. The second kappa shape index (κ2) is 10.9. The molecular formula is C28H54. The molecule has 2 rings (SSSR count). The second-order valence-electron chi connectivity index (χ2n) is 12.3. The summed E-state index contributed by atoms with van der Waals surface area (Å²) >= 11 is 0. The molecule has 28 heavy (non-hydrogen) atoms. The molecule has 0 aromatic heterocycles. The van der Waals surface area contributed by atoms with Crippen molar-refractivity contribution in [3.05, 3.63) is 0 Å². The molecule has 0 nitrogen and oxygen atoms in total. The van der Waals surface area contributed by atoms with E-state index in [9.17, 15) is 0 Å². The highest BCUT2D eigenvalue weighted by molar-refractivity contribution is 4.83. The molecule has 2 fully saturated rings. The van der Waals surface area contributed by atoms with Crippen molar-refractivity contribution < 1.29 is 0 Å². The van der Waals surface area contributed by atoms with Gasteiger partial charge >= 0.3 is 0 Å². The molecule has 2 aliphatic carbocycles. The Kier molecular flexibility index (Phi) is 9.41. The molecule has 0 aliphatic heterocycles. The van der Waals surface area contributed by atoms with Crippen molar-refractivity contribution in [2.45, 2.75) is 114 Å². The Balaban J connectivity index is 1.69. The molecule has 166 valence electrons. The molecule has 0 bridgehead atoms. The average Bonchev–Trinajstić information content (AvgIpc) is 2.63. The average molecular weight is 391 g/mol. The van der Waals surface area contributed by atoms with E-state index in [1.165, 1.54) is 51.4 Å². The van der Waals surface area contributed by atoms with Crippen LogP contribution in [0.3, 0.4) is 0 Å². The van der Waals surface area contributed by atoms with Crippen molar-refractivity contribution in [1.29, 1.82) is 0 Å². The van der Waals surface area contributed by atoms with E-state index in [0.29, 0.717) is 0 Å². The van der Waals surface area contributed by atoms with E-state index in [4.69, 9.17) is 0 Å². The van der Waals surface area contributed by atoms with Gasteiger partial charge in [-0.25, -0.2) is 0 Å². The van der Waals surface area contributed by atoms with Crippen LogP contribution in [-0.2, 0) is 0 Å². The normalized spacial score (nSPS) is 42.8. The smallest absolute Gasteiger partial charge is 0.0383 e. The Morgan fingerprint density at radius 2 is 1.07 bits per heavy atom. The van der Waals surface area contributed by atoms with Gasteiger partial charge in [0.2, 0.25) is 0 Å². The van der Waals surface area contributed by atoms with Crippen molar-refractivity contribution in [3.8, 4) is 0 Å². The maximum absolute atomic E-state index is 2.56. The molecule has 0 aromatic rings. The highest BCUT2D eigenvalue weighted by atomic mass is 14.4. The van der Waals surface area contributed by atoms with Crippen LogP contribution in [0.1, 0.15) is 114 Å². The van der Waals surface area contributed by atoms with Crippen LogP contribution in [0.15, 0.2) is 0 Å². The summed E-state index contributed by atoms with van der Waals surface area (Å²) in [6, 6.07) is 0. The van der Waals surface area contributed by atoms with Crippen molar-refractivity contribution in [1.82, 2.24) is 0 Å². The van der Waals surface area contributed by atoms with Crippen LogP contribution in [0.25, 0.3) is 0 Å². The zero-order chi connectivity index (χ0) is 21.0. The Morgan fingerprint density at radius 1 is 0.607 bits per heavy atom. The third-order valence-corrected chi connectivity index (χ3v) is 10.1. The topological polar surface area (TPSA) is 0 Å². The zero-order valence-electron chi connectivity index (χ0n) is 21.0. The first-order valence-electron chi connectivity index (χ1n) is 13.1. The fourth-order valence-electron chi connectivity index (χ4n) is 6.88. The lowest BCUT2D eigenvalue weighted by Gasteiger charge is -2.40. The Morgan fingerprint density at radius 3 is 1.57 bits per heavy atom. The van der Waals surface area contributed by atoms with Gasteiger partial charge in [0.25, 0.3) is 0 Å². The molecule has 0 saturated heterocycles. The predicted molar refractivity (Wildman–Crippen MR) is 126 cm³/mol. The van der Waals surface area contributed by atoms with Crippen molar-refractivity contribution in [2.24, 2.45) is 65.1 Å². The van der Waals surface area contributed by atoms with E-state index in [-0.39, 0.29) is 0 Å².